The number of ketones is 1. The molecule has 0 spiro atoms. The van der Waals surface area contributed by atoms with Gasteiger partial charge in [0.25, 0.3) is 5.91 Å². The molecule has 1 aliphatic heterocycles. The van der Waals surface area contributed by atoms with E-state index in [2.05, 4.69) is 10.6 Å². The lowest BCUT2D eigenvalue weighted by Gasteiger charge is -2.14. The van der Waals surface area contributed by atoms with Crippen LogP contribution >= 0.6 is 0 Å². The molecule has 0 radical (unpaired) electrons. The summed E-state index contributed by atoms with van der Waals surface area (Å²) in [6.07, 6.45) is 0.0506. The number of Topliss-reactive ketones (excluding diaryl/α,β-unsaturated/α-hetero) is 1. The van der Waals surface area contributed by atoms with Crippen molar-refractivity contribution in [1.82, 2.24) is 10.6 Å². The largest absolute Gasteiger partial charge is 0.484 e. The molecule has 1 fully saturated rings. The summed E-state index contributed by atoms with van der Waals surface area (Å²) in [5, 5.41) is 15.4. The molecule has 6 heteroatoms. The first-order valence-electron chi connectivity index (χ1n) is 7.51. The number of hydrogen-bond donors (Lipinski definition) is 3. The minimum absolute atomic E-state index is 0.0447. The number of benzene rings is 1. The van der Waals surface area contributed by atoms with Crippen LogP contribution in [0.15, 0.2) is 24.3 Å². The standard InChI is InChI=1S/C16H22N2O4/c1-2-14(19)11-3-5-13(6-4-11)22-10-16(21)18-8-12-7-17-9-15(12)20/h3-6,12,15,17,20H,2,7-10H2,1H3,(H,18,21). The third kappa shape index (κ3) is 4.54. The van der Waals surface area contributed by atoms with Gasteiger partial charge in [0.2, 0.25) is 0 Å². The van der Waals surface area contributed by atoms with Gasteiger partial charge >= 0.3 is 0 Å². The number of β-amino-alcohol motifs (C(OH)–C–C–N with tert-alkyl or cyclic N) is 1. The van der Waals surface area contributed by atoms with Gasteiger partial charge in [-0.25, -0.2) is 0 Å². The fraction of sp³-hybridized carbons (Fsp3) is 0.500. The van der Waals surface area contributed by atoms with Crippen molar-refractivity contribution in [2.45, 2.75) is 19.4 Å². The van der Waals surface area contributed by atoms with Crippen molar-refractivity contribution < 1.29 is 19.4 Å². The van der Waals surface area contributed by atoms with Gasteiger partial charge in [-0.15, -0.1) is 0 Å². The van der Waals surface area contributed by atoms with Gasteiger partial charge in [0.15, 0.2) is 12.4 Å². The fourth-order valence-corrected chi connectivity index (χ4v) is 2.31. The summed E-state index contributed by atoms with van der Waals surface area (Å²) in [5.41, 5.74) is 0.641. The number of carbonyl (C=O) groups excluding carboxylic acids is 2. The molecule has 0 aromatic heterocycles. The number of aliphatic hydroxyl groups excluding tert-OH is 1. The Morgan fingerprint density at radius 3 is 2.64 bits per heavy atom. The van der Waals surface area contributed by atoms with Crippen molar-refractivity contribution in [2.24, 2.45) is 5.92 Å². The number of ether oxygens (including phenoxy) is 1. The third-order valence-electron chi connectivity index (χ3n) is 3.73. The molecule has 0 bridgehead atoms. The first kappa shape index (κ1) is 16.5. The molecule has 1 aliphatic rings. The van der Waals surface area contributed by atoms with Gasteiger partial charge in [-0.2, -0.15) is 0 Å². The van der Waals surface area contributed by atoms with E-state index in [0.29, 0.717) is 37.4 Å². The van der Waals surface area contributed by atoms with Crippen LogP contribution in [0.1, 0.15) is 23.7 Å². The molecule has 120 valence electrons. The monoisotopic (exact) mass is 306 g/mol. The number of amides is 1. The van der Waals surface area contributed by atoms with Crippen LogP contribution in [0.3, 0.4) is 0 Å². The highest BCUT2D eigenvalue weighted by Gasteiger charge is 2.24. The zero-order valence-electron chi connectivity index (χ0n) is 12.7. The lowest BCUT2D eigenvalue weighted by atomic mass is 10.1. The fourth-order valence-electron chi connectivity index (χ4n) is 2.31. The first-order valence-corrected chi connectivity index (χ1v) is 7.51. The van der Waals surface area contributed by atoms with Gasteiger partial charge in [-0.1, -0.05) is 6.92 Å². The quantitative estimate of drug-likeness (QED) is 0.633. The van der Waals surface area contributed by atoms with Crippen LogP contribution in [0.5, 0.6) is 5.75 Å². The van der Waals surface area contributed by atoms with E-state index in [9.17, 15) is 14.7 Å². The highest BCUT2D eigenvalue weighted by molar-refractivity contribution is 5.95. The van der Waals surface area contributed by atoms with Crippen LogP contribution < -0.4 is 15.4 Å². The Balaban J connectivity index is 1.72. The summed E-state index contributed by atoms with van der Waals surface area (Å²) < 4.78 is 5.38. The van der Waals surface area contributed by atoms with Crippen molar-refractivity contribution >= 4 is 11.7 Å². The minimum atomic E-state index is -0.412. The van der Waals surface area contributed by atoms with Gasteiger partial charge in [0.05, 0.1) is 6.10 Å². The predicted octanol–water partition coefficient (Wildman–Crippen LogP) is 0.355. The molecule has 3 N–H and O–H groups in total. The average molecular weight is 306 g/mol. The number of aliphatic hydroxyl groups is 1. The minimum Gasteiger partial charge on any atom is -0.484 e. The molecule has 2 atom stereocenters. The summed E-state index contributed by atoms with van der Waals surface area (Å²) in [5.74, 6) is 0.439. The van der Waals surface area contributed by atoms with E-state index in [4.69, 9.17) is 4.74 Å². The zero-order chi connectivity index (χ0) is 15.9. The van der Waals surface area contributed by atoms with Gasteiger partial charge in [0, 0.05) is 37.5 Å². The van der Waals surface area contributed by atoms with E-state index in [-0.39, 0.29) is 24.2 Å². The van der Waals surface area contributed by atoms with Gasteiger partial charge < -0.3 is 20.5 Å². The molecule has 1 amide bonds. The Labute approximate surface area is 129 Å². The molecule has 22 heavy (non-hydrogen) atoms. The number of hydrogen-bond acceptors (Lipinski definition) is 5. The maximum atomic E-state index is 11.7. The van der Waals surface area contributed by atoms with Crippen molar-refractivity contribution in [3.05, 3.63) is 29.8 Å². The van der Waals surface area contributed by atoms with E-state index >= 15 is 0 Å². The Morgan fingerprint density at radius 2 is 2.05 bits per heavy atom. The first-order chi connectivity index (χ1) is 10.6. The lowest BCUT2D eigenvalue weighted by molar-refractivity contribution is -0.123. The summed E-state index contributed by atoms with van der Waals surface area (Å²) >= 11 is 0. The molecule has 2 unspecified atom stereocenters. The van der Waals surface area contributed by atoms with E-state index in [0.717, 1.165) is 0 Å². The topological polar surface area (TPSA) is 87.7 Å². The predicted molar refractivity (Wildman–Crippen MR) is 81.9 cm³/mol. The van der Waals surface area contributed by atoms with E-state index in [1.54, 1.807) is 24.3 Å². The second-order valence-corrected chi connectivity index (χ2v) is 5.38. The van der Waals surface area contributed by atoms with Gasteiger partial charge in [-0.05, 0) is 24.3 Å². The second-order valence-electron chi connectivity index (χ2n) is 5.38. The Kier molecular flexibility index (Phi) is 5.91. The van der Waals surface area contributed by atoms with Crippen LogP contribution in [-0.2, 0) is 4.79 Å². The van der Waals surface area contributed by atoms with Crippen LogP contribution in [0.4, 0.5) is 0 Å². The van der Waals surface area contributed by atoms with Crippen molar-refractivity contribution in [3.8, 4) is 5.75 Å². The molecular weight excluding hydrogens is 284 g/mol. The second kappa shape index (κ2) is 7.91. The smallest absolute Gasteiger partial charge is 0.257 e. The van der Waals surface area contributed by atoms with Crippen molar-refractivity contribution in [2.75, 3.05) is 26.2 Å². The van der Waals surface area contributed by atoms with E-state index < -0.39 is 6.10 Å². The normalized spacial score (nSPS) is 20.6. The molecule has 1 saturated heterocycles. The molecule has 0 aliphatic carbocycles. The maximum absolute atomic E-state index is 11.7. The number of nitrogens with one attached hydrogen (secondary N) is 2. The Morgan fingerprint density at radius 1 is 1.32 bits per heavy atom. The van der Waals surface area contributed by atoms with Gasteiger partial charge in [-0.3, -0.25) is 9.59 Å². The van der Waals surface area contributed by atoms with Crippen LogP contribution in [0.2, 0.25) is 0 Å². The van der Waals surface area contributed by atoms with Crippen molar-refractivity contribution in [3.63, 3.8) is 0 Å². The van der Waals surface area contributed by atoms with Crippen molar-refractivity contribution in [1.29, 1.82) is 0 Å². The Hall–Kier alpha value is -1.92. The summed E-state index contributed by atoms with van der Waals surface area (Å²) in [6, 6.07) is 6.75. The molecule has 1 aromatic carbocycles. The van der Waals surface area contributed by atoms with E-state index in [1.165, 1.54) is 0 Å². The summed E-state index contributed by atoms with van der Waals surface area (Å²) in [7, 11) is 0. The van der Waals surface area contributed by atoms with Gasteiger partial charge in [0.1, 0.15) is 5.75 Å². The SMILES string of the molecule is CCC(=O)c1ccc(OCC(=O)NCC2CNCC2O)cc1. The summed E-state index contributed by atoms with van der Waals surface area (Å²) in [6.45, 7) is 3.43. The van der Waals surface area contributed by atoms with Crippen LogP contribution in [-0.4, -0.2) is 49.1 Å². The zero-order valence-corrected chi connectivity index (χ0v) is 12.7. The van der Waals surface area contributed by atoms with E-state index in [1.807, 2.05) is 6.92 Å². The molecule has 1 aromatic rings. The molecular formula is C16H22N2O4. The van der Waals surface area contributed by atoms with Crippen LogP contribution in [0.25, 0.3) is 0 Å². The molecule has 1 heterocycles. The maximum Gasteiger partial charge on any atom is 0.257 e. The number of rotatable bonds is 7. The lowest BCUT2D eigenvalue weighted by Crippen LogP contribution is -2.36. The average Bonchev–Trinajstić information content (AvgIpc) is 2.95. The molecule has 2 rings (SSSR count). The molecule has 6 nitrogen and oxygen atoms in total. The highest BCUT2D eigenvalue weighted by atomic mass is 16.5. The third-order valence-corrected chi connectivity index (χ3v) is 3.73. The number of carbonyl (C=O) groups is 2. The highest BCUT2D eigenvalue weighted by Crippen LogP contribution is 2.13. The Bertz CT molecular complexity index is 515. The molecule has 0 saturated carbocycles. The summed E-state index contributed by atoms with van der Waals surface area (Å²) in [4.78, 5) is 23.2. The van der Waals surface area contributed by atoms with Crippen LogP contribution in [0, 0.1) is 5.92 Å².